The van der Waals surface area contributed by atoms with Crippen molar-refractivity contribution in [1.29, 1.82) is 0 Å². The molecule has 1 aromatic rings. The number of nitrogens with two attached hydrogens (primary N) is 1. The van der Waals surface area contributed by atoms with Gasteiger partial charge in [0.15, 0.2) is 0 Å². The normalized spacial score (nSPS) is 16.1. The van der Waals surface area contributed by atoms with E-state index in [1.807, 2.05) is 0 Å². The first-order valence-electron chi connectivity index (χ1n) is 7.25. The summed E-state index contributed by atoms with van der Waals surface area (Å²) >= 11 is 0. The van der Waals surface area contributed by atoms with Gasteiger partial charge in [-0.25, -0.2) is 8.42 Å². The highest BCUT2D eigenvalue weighted by Gasteiger charge is 2.29. The van der Waals surface area contributed by atoms with Crippen molar-refractivity contribution in [2.24, 2.45) is 5.73 Å². The molecular weight excluding hydrogens is 322 g/mol. The van der Waals surface area contributed by atoms with Crippen LogP contribution >= 0.6 is 0 Å². The number of hydrogen-bond acceptors (Lipinski definition) is 6. The van der Waals surface area contributed by atoms with Crippen molar-refractivity contribution in [1.82, 2.24) is 4.31 Å². The Hall–Kier alpha value is -1.68. The number of hydrogen-bond donors (Lipinski definition) is 2. The van der Waals surface area contributed by atoms with Crippen molar-refractivity contribution < 1.29 is 22.7 Å². The van der Waals surface area contributed by atoms with E-state index in [2.05, 4.69) is 5.32 Å². The molecule has 1 aromatic carbocycles. The van der Waals surface area contributed by atoms with Gasteiger partial charge in [-0.2, -0.15) is 4.31 Å². The van der Waals surface area contributed by atoms with Crippen LogP contribution in [-0.2, 0) is 19.6 Å². The van der Waals surface area contributed by atoms with Gasteiger partial charge in [-0.15, -0.1) is 0 Å². The molecule has 1 fully saturated rings. The average molecular weight is 343 g/mol. The topological polar surface area (TPSA) is 111 Å². The largest absolute Gasteiger partial charge is 0.495 e. The summed E-state index contributed by atoms with van der Waals surface area (Å²) in [4.78, 5) is 11.7. The van der Waals surface area contributed by atoms with Gasteiger partial charge < -0.3 is 20.5 Å². The van der Waals surface area contributed by atoms with Gasteiger partial charge in [-0.05, 0) is 18.2 Å². The number of rotatable bonds is 6. The first kappa shape index (κ1) is 17.7. The Balaban J connectivity index is 2.33. The standard InChI is InChI=1S/C14H21N3O5S/c1-21-12-3-2-11(16-14(18)4-5-15)10-13(12)23(19,20)17-6-8-22-9-7-17/h2-3,10H,4-9,15H2,1H3,(H,16,18). The van der Waals surface area contributed by atoms with Gasteiger partial charge in [0.1, 0.15) is 10.6 Å². The molecule has 3 N–H and O–H groups in total. The molecule has 1 heterocycles. The lowest BCUT2D eigenvalue weighted by Gasteiger charge is -2.26. The summed E-state index contributed by atoms with van der Waals surface area (Å²) in [5, 5.41) is 2.63. The van der Waals surface area contributed by atoms with Crippen molar-refractivity contribution in [3.05, 3.63) is 18.2 Å². The third-order valence-electron chi connectivity index (χ3n) is 3.41. The second kappa shape index (κ2) is 7.73. The van der Waals surface area contributed by atoms with Crippen molar-refractivity contribution in [2.75, 3.05) is 45.3 Å². The summed E-state index contributed by atoms with van der Waals surface area (Å²) in [6.45, 7) is 1.51. The van der Waals surface area contributed by atoms with E-state index in [0.717, 1.165) is 0 Å². The Morgan fingerprint density at radius 3 is 2.70 bits per heavy atom. The summed E-state index contributed by atoms with van der Waals surface area (Å²) in [6.07, 6.45) is 0.164. The van der Waals surface area contributed by atoms with Crippen LogP contribution in [0, 0.1) is 0 Å². The maximum Gasteiger partial charge on any atom is 0.246 e. The molecule has 1 aliphatic heterocycles. The third-order valence-corrected chi connectivity index (χ3v) is 5.33. The summed E-state index contributed by atoms with van der Waals surface area (Å²) < 4.78 is 37.3. The molecule has 0 aliphatic carbocycles. The molecule has 128 valence electrons. The van der Waals surface area contributed by atoms with E-state index in [0.29, 0.717) is 18.9 Å². The van der Waals surface area contributed by atoms with Crippen LogP contribution in [0.25, 0.3) is 0 Å². The minimum absolute atomic E-state index is 0.0208. The highest BCUT2D eigenvalue weighted by molar-refractivity contribution is 7.89. The van der Waals surface area contributed by atoms with Gasteiger partial charge in [-0.1, -0.05) is 0 Å². The Bertz CT molecular complexity index is 656. The summed E-state index contributed by atoms with van der Waals surface area (Å²) in [7, 11) is -2.32. The van der Waals surface area contributed by atoms with Crippen LogP contribution in [0.4, 0.5) is 5.69 Å². The number of amides is 1. The van der Waals surface area contributed by atoms with Gasteiger partial charge in [0.05, 0.1) is 20.3 Å². The zero-order chi connectivity index (χ0) is 16.9. The number of sulfonamides is 1. The first-order chi connectivity index (χ1) is 11.0. The van der Waals surface area contributed by atoms with Crippen LogP contribution in [0.1, 0.15) is 6.42 Å². The number of anilines is 1. The lowest BCUT2D eigenvalue weighted by molar-refractivity contribution is -0.116. The van der Waals surface area contributed by atoms with E-state index >= 15 is 0 Å². The van der Waals surface area contributed by atoms with Crippen LogP contribution in [0.5, 0.6) is 5.75 Å². The number of benzene rings is 1. The highest BCUT2D eigenvalue weighted by Crippen LogP contribution is 2.30. The van der Waals surface area contributed by atoms with Gasteiger partial charge in [-0.3, -0.25) is 4.79 Å². The SMILES string of the molecule is COc1ccc(NC(=O)CCN)cc1S(=O)(=O)N1CCOCC1. The van der Waals surface area contributed by atoms with Crippen LogP contribution in [0.15, 0.2) is 23.1 Å². The average Bonchev–Trinajstić information content (AvgIpc) is 2.56. The van der Waals surface area contributed by atoms with Gasteiger partial charge in [0.25, 0.3) is 0 Å². The van der Waals surface area contributed by atoms with E-state index in [-0.39, 0.29) is 42.6 Å². The predicted octanol–water partition coefficient (Wildman–Crippen LogP) is 0.00340. The maximum absolute atomic E-state index is 12.8. The minimum Gasteiger partial charge on any atom is -0.495 e. The Morgan fingerprint density at radius 2 is 2.09 bits per heavy atom. The summed E-state index contributed by atoms with van der Waals surface area (Å²) in [5.74, 6) is -0.0410. The summed E-state index contributed by atoms with van der Waals surface area (Å²) in [6, 6.07) is 4.51. The van der Waals surface area contributed by atoms with Crippen molar-refractivity contribution in [3.8, 4) is 5.75 Å². The predicted molar refractivity (Wildman–Crippen MR) is 84.9 cm³/mol. The fraction of sp³-hybridized carbons (Fsp3) is 0.500. The minimum atomic E-state index is -3.72. The van der Waals surface area contributed by atoms with Crippen molar-refractivity contribution in [3.63, 3.8) is 0 Å². The van der Waals surface area contributed by atoms with E-state index in [1.165, 1.54) is 23.5 Å². The number of methoxy groups -OCH3 is 1. The Labute approximate surface area is 135 Å². The molecule has 0 atom stereocenters. The van der Waals surface area contributed by atoms with Crippen LogP contribution in [0.3, 0.4) is 0 Å². The zero-order valence-corrected chi connectivity index (χ0v) is 13.8. The van der Waals surface area contributed by atoms with Crippen LogP contribution in [-0.4, -0.2) is 58.6 Å². The first-order valence-corrected chi connectivity index (χ1v) is 8.69. The monoisotopic (exact) mass is 343 g/mol. The molecule has 1 aliphatic rings. The number of carbonyl (C=O) groups excluding carboxylic acids is 1. The van der Waals surface area contributed by atoms with Crippen molar-refractivity contribution in [2.45, 2.75) is 11.3 Å². The molecule has 0 aromatic heterocycles. The van der Waals surface area contributed by atoms with Crippen LogP contribution < -0.4 is 15.8 Å². The van der Waals surface area contributed by atoms with Crippen molar-refractivity contribution >= 4 is 21.6 Å². The van der Waals surface area contributed by atoms with Gasteiger partial charge >= 0.3 is 0 Å². The smallest absolute Gasteiger partial charge is 0.246 e. The zero-order valence-electron chi connectivity index (χ0n) is 12.9. The lowest BCUT2D eigenvalue weighted by atomic mass is 10.3. The highest BCUT2D eigenvalue weighted by atomic mass is 32.2. The molecule has 0 spiro atoms. The van der Waals surface area contributed by atoms with E-state index in [4.69, 9.17) is 15.2 Å². The van der Waals surface area contributed by atoms with E-state index in [9.17, 15) is 13.2 Å². The number of ether oxygens (including phenoxy) is 2. The molecular formula is C14H21N3O5S. The second-order valence-electron chi connectivity index (χ2n) is 4.97. The van der Waals surface area contributed by atoms with E-state index < -0.39 is 10.0 Å². The van der Waals surface area contributed by atoms with Crippen LogP contribution in [0.2, 0.25) is 0 Å². The fourth-order valence-electron chi connectivity index (χ4n) is 2.24. The lowest BCUT2D eigenvalue weighted by Crippen LogP contribution is -2.40. The second-order valence-corrected chi connectivity index (χ2v) is 6.88. The molecule has 9 heteroatoms. The molecule has 23 heavy (non-hydrogen) atoms. The molecule has 0 radical (unpaired) electrons. The van der Waals surface area contributed by atoms with Gasteiger partial charge in [0.2, 0.25) is 15.9 Å². The molecule has 8 nitrogen and oxygen atoms in total. The molecule has 0 unspecified atom stereocenters. The summed E-state index contributed by atoms with van der Waals surface area (Å²) in [5.41, 5.74) is 5.72. The molecule has 1 saturated heterocycles. The Morgan fingerprint density at radius 1 is 1.39 bits per heavy atom. The number of nitrogens with zero attached hydrogens (tertiary/aromatic N) is 1. The number of carbonyl (C=O) groups is 1. The number of nitrogens with one attached hydrogen (secondary N) is 1. The van der Waals surface area contributed by atoms with E-state index in [1.54, 1.807) is 6.07 Å². The molecule has 0 bridgehead atoms. The maximum atomic E-state index is 12.8. The molecule has 2 rings (SSSR count). The fourth-order valence-corrected chi connectivity index (χ4v) is 3.83. The molecule has 1 amide bonds. The quantitative estimate of drug-likeness (QED) is 0.752. The Kier molecular flexibility index (Phi) is 5.94. The number of morpholine rings is 1. The molecule has 0 saturated carbocycles. The van der Waals surface area contributed by atoms with Gasteiger partial charge in [0, 0.05) is 31.7 Å². The third kappa shape index (κ3) is 4.20.